The highest BCUT2D eigenvalue weighted by atomic mass is 16.2. The Morgan fingerprint density at radius 3 is 2.01 bits per heavy atom. The number of carbonyl (C=O) groups is 9. The number of amides is 9. The van der Waals surface area contributed by atoms with Gasteiger partial charge in [0.05, 0.1) is 0 Å². The second kappa shape index (κ2) is 28.4. The molecular formula is C47H69N17O9. The second-order valence-corrected chi connectivity index (χ2v) is 17.6. The van der Waals surface area contributed by atoms with Crippen LogP contribution >= 0.6 is 0 Å². The molecule has 2 heterocycles. The summed E-state index contributed by atoms with van der Waals surface area (Å²) in [4.78, 5) is 134. The molecule has 0 saturated carbocycles. The molecule has 1 fully saturated rings. The fourth-order valence-corrected chi connectivity index (χ4v) is 7.84. The van der Waals surface area contributed by atoms with E-state index in [0.717, 1.165) is 10.9 Å². The molecular weight excluding hydrogens is 947 g/mol. The highest BCUT2D eigenvalue weighted by molar-refractivity contribution is 5.98. The van der Waals surface area contributed by atoms with Crippen LogP contribution in [0.15, 0.2) is 64.7 Å². The molecule has 26 heteroatoms. The van der Waals surface area contributed by atoms with Gasteiger partial charge in [-0.2, -0.15) is 0 Å². The molecule has 1 aliphatic rings. The zero-order valence-electron chi connectivity index (χ0n) is 41.0. The molecule has 1 aliphatic heterocycles. The van der Waals surface area contributed by atoms with Crippen LogP contribution in [0.2, 0.25) is 0 Å². The number of aliphatic imine (C=N–C) groups is 2. The van der Waals surface area contributed by atoms with Gasteiger partial charge >= 0.3 is 0 Å². The number of H-pyrrole nitrogens is 1. The molecule has 0 aliphatic carbocycles. The number of fused-ring (bicyclic) bond motifs is 1. The maximum absolute atomic E-state index is 14.5. The molecule has 9 amide bonds. The van der Waals surface area contributed by atoms with Gasteiger partial charge in [-0.25, -0.2) is 0 Å². The van der Waals surface area contributed by atoms with Crippen LogP contribution in [-0.4, -0.2) is 132 Å². The Hall–Kier alpha value is -8.45. The van der Waals surface area contributed by atoms with Crippen LogP contribution in [0.5, 0.6) is 0 Å². The van der Waals surface area contributed by atoms with E-state index in [-0.39, 0.29) is 95.8 Å². The van der Waals surface area contributed by atoms with Crippen LogP contribution in [-0.2, 0) is 56.0 Å². The first-order valence-corrected chi connectivity index (χ1v) is 23.9. The van der Waals surface area contributed by atoms with Crippen LogP contribution in [0, 0.1) is 0 Å². The van der Waals surface area contributed by atoms with E-state index in [2.05, 4.69) is 57.5 Å². The fraction of sp³-hybridized carbons (Fsp3) is 0.468. The molecule has 73 heavy (non-hydrogen) atoms. The number of rotatable bonds is 16. The number of para-hydroxylation sites is 1. The van der Waals surface area contributed by atoms with Crippen molar-refractivity contribution in [1.29, 1.82) is 0 Å². The average Bonchev–Trinajstić information content (AvgIpc) is 3.74. The molecule has 4 rings (SSSR count). The van der Waals surface area contributed by atoms with Crippen molar-refractivity contribution in [2.45, 2.75) is 120 Å². The van der Waals surface area contributed by atoms with Crippen molar-refractivity contribution < 1.29 is 43.2 Å². The molecule has 1 aromatic heterocycles. The SMILES string of the molecule is CC(=O)N[C@@H](CCCN=C(N)N)C(=O)N[C@H]1CCC(=O)NCCC[C@@H](C(N)=O)NC(=O)[C@H](Cc2c[nH]c3ccccc23)NC(=O)[C@H](CCCN=C(N)N)NC(=O)[C@@H](Cc2ccc(N)cc2)NC(=O)[C@H](C)NC1=O. The van der Waals surface area contributed by atoms with Gasteiger partial charge in [0.15, 0.2) is 11.9 Å². The maximum Gasteiger partial charge on any atom is 0.243 e. The summed E-state index contributed by atoms with van der Waals surface area (Å²) < 4.78 is 0. The van der Waals surface area contributed by atoms with E-state index in [1.54, 1.807) is 36.5 Å². The Balaban J connectivity index is 1.73. The van der Waals surface area contributed by atoms with Crippen LogP contribution in [0.1, 0.15) is 76.3 Å². The minimum atomic E-state index is -1.44. The van der Waals surface area contributed by atoms with Gasteiger partial charge in [-0.1, -0.05) is 30.3 Å². The van der Waals surface area contributed by atoms with Crippen LogP contribution in [0.4, 0.5) is 5.69 Å². The van der Waals surface area contributed by atoms with Crippen molar-refractivity contribution in [3.05, 3.63) is 65.9 Å². The summed E-state index contributed by atoms with van der Waals surface area (Å²) in [6.45, 7) is 2.71. The summed E-state index contributed by atoms with van der Waals surface area (Å²) in [7, 11) is 0. The summed E-state index contributed by atoms with van der Waals surface area (Å²) >= 11 is 0. The van der Waals surface area contributed by atoms with Gasteiger partial charge < -0.3 is 81.9 Å². The van der Waals surface area contributed by atoms with Crippen LogP contribution < -0.4 is 76.9 Å². The third-order valence-corrected chi connectivity index (χ3v) is 11.7. The van der Waals surface area contributed by atoms with Crippen molar-refractivity contribution >= 4 is 81.7 Å². The van der Waals surface area contributed by atoms with E-state index in [1.165, 1.54) is 13.8 Å². The Morgan fingerprint density at radius 2 is 1.34 bits per heavy atom. The molecule has 21 N–H and O–H groups in total. The smallest absolute Gasteiger partial charge is 0.243 e. The van der Waals surface area contributed by atoms with Crippen molar-refractivity contribution in [3.63, 3.8) is 0 Å². The quantitative estimate of drug-likeness (QED) is 0.0284. The Labute approximate surface area is 421 Å². The number of nitrogen functional groups attached to an aromatic ring is 1. The molecule has 3 aromatic rings. The third kappa shape index (κ3) is 19.3. The lowest BCUT2D eigenvalue weighted by molar-refractivity contribution is -0.135. The highest BCUT2D eigenvalue weighted by Gasteiger charge is 2.34. The Morgan fingerprint density at radius 1 is 0.726 bits per heavy atom. The first-order valence-electron chi connectivity index (χ1n) is 23.9. The van der Waals surface area contributed by atoms with Crippen molar-refractivity contribution in [2.24, 2.45) is 38.7 Å². The number of primary amides is 1. The number of nitrogens with one attached hydrogen (secondary N) is 9. The summed E-state index contributed by atoms with van der Waals surface area (Å²) in [6.07, 6.45) is 1.36. The predicted octanol–water partition coefficient (Wildman–Crippen LogP) is -3.75. The summed E-state index contributed by atoms with van der Waals surface area (Å²) in [5.74, 6) is -7.33. The second-order valence-electron chi connectivity index (χ2n) is 17.6. The van der Waals surface area contributed by atoms with Gasteiger partial charge in [-0.3, -0.25) is 53.1 Å². The summed E-state index contributed by atoms with van der Waals surface area (Å²) in [5, 5.41) is 21.9. The molecule has 0 unspecified atom stereocenters. The summed E-state index contributed by atoms with van der Waals surface area (Å²) in [5.41, 5.74) is 36.0. The molecule has 1 saturated heterocycles. The standard InChI is InChI=1S/C47H69N17O9/c1-25-40(68)63-36(22-27-13-15-29(48)16-14-27)44(72)61-34(12-7-21-56-47(52)53)43(71)64-37(23-28-24-57-31-9-4-3-8-30(28)31)45(73)60-32(39(49)67)10-5-19-54-38(66)18-17-35(41(69)58-25)62-42(70)33(59-26(2)65)11-6-20-55-46(50)51/h3-4,8-9,13-16,24-25,32-37,57H,5-7,10-12,17-23,48H2,1-2H3,(H2,49,67)(H,54,66)(H,58,69)(H,59,65)(H,60,73)(H,61,72)(H,62,70)(H,63,68)(H,64,71)(H4,50,51,55)(H4,52,53,56)/t25-,32-,33-,34-,35-,36+,37-/m0/s1. The van der Waals surface area contributed by atoms with E-state index >= 15 is 0 Å². The minimum absolute atomic E-state index is 0.00637. The molecule has 26 nitrogen and oxygen atoms in total. The molecule has 0 bridgehead atoms. The van der Waals surface area contributed by atoms with E-state index in [0.29, 0.717) is 16.8 Å². The molecule has 7 atom stereocenters. The van der Waals surface area contributed by atoms with Crippen LogP contribution in [0.25, 0.3) is 10.9 Å². The van der Waals surface area contributed by atoms with E-state index < -0.39 is 95.5 Å². The highest BCUT2D eigenvalue weighted by Crippen LogP contribution is 2.20. The fourth-order valence-electron chi connectivity index (χ4n) is 7.84. The minimum Gasteiger partial charge on any atom is -0.399 e. The van der Waals surface area contributed by atoms with Gasteiger partial charge in [0, 0.05) is 68.6 Å². The number of carbonyl (C=O) groups excluding carboxylic acids is 9. The largest absolute Gasteiger partial charge is 0.399 e. The number of nitrogens with zero attached hydrogens (tertiary/aromatic N) is 2. The zero-order valence-corrected chi connectivity index (χ0v) is 41.0. The van der Waals surface area contributed by atoms with Gasteiger partial charge in [0.25, 0.3) is 0 Å². The number of nitrogens with two attached hydrogens (primary N) is 6. The normalized spacial score (nSPS) is 21.3. The van der Waals surface area contributed by atoms with Gasteiger partial charge in [0.2, 0.25) is 53.2 Å². The third-order valence-electron chi connectivity index (χ3n) is 11.7. The van der Waals surface area contributed by atoms with Crippen molar-refractivity contribution in [2.75, 3.05) is 25.4 Å². The number of guanidine groups is 2. The number of benzene rings is 2. The van der Waals surface area contributed by atoms with Crippen molar-refractivity contribution in [1.82, 2.24) is 47.5 Å². The van der Waals surface area contributed by atoms with Gasteiger partial charge in [-0.15, -0.1) is 0 Å². The van der Waals surface area contributed by atoms with Gasteiger partial charge in [0.1, 0.15) is 42.3 Å². The average molecular weight is 1020 g/mol. The summed E-state index contributed by atoms with van der Waals surface area (Å²) in [6, 6.07) is 4.41. The number of hydrogen-bond donors (Lipinski definition) is 15. The predicted molar refractivity (Wildman–Crippen MR) is 272 cm³/mol. The Kier molecular flexibility index (Phi) is 22.2. The number of hydrogen-bond acceptors (Lipinski definition) is 12. The number of anilines is 1. The van der Waals surface area contributed by atoms with E-state index in [1.807, 2.05) is 18.2 Å². The van der Waals surface area contributed by atoms with Gasteiger partial charge in [-0.05, 0) is 81.2 Å². The lowest BCUT2D eigenvalue weighted by Crippen LogP contribution is -2.60. The first kappa shape index (κ1) is 57.1. The van der Waals surface area contributed by atoms with E-state index in [9.17, 15) is 43.2 Å². The topological polar surface area (TPSA) is 446 Å². The molecule has 0 radical (unpaired) electrons. The van der Waals surface area contributed by atoms with E-state index in [4.69, 9.17) is 34.4 Å². The molecule has 2 aromatic carbocycles. The first-order chi connectivity index (χ1) is 34.7. The van der Waals surface area contributed by atoms with Crippen LogP contribution in [0.3, 0.4) is 0 Å². The number of aromatic amines is 1. The zero-order chi connectivity index (χ0) is 53.6. The Bertz CT molecular complexity index is 2490. The molecule has 396 valence electrons. The van der Waals surface area contributed by atoms with Crippen molar-refractivity contribution in [3.8, 4) is 0 Å². The number of aromatic nitrogens is 1. The molecule has 0 spiro atoms. The lowest BCUT2D eigenvalue weighted by atomic mass is 10.0. The lowest BCUT2D eigenvalue weighted by Gasteiger charge is -2.27. The maximum atomic E-state index is 14.5. The monoisotopic (exact) mass is 1020 g/mol.